The van der Waals surface area contributed by atoms with E-state index in [1.807, 2.05) is 18.2 Å². The Balaban J connectivity index is 2.17. The summed E-state index contributed by atoms with van der Waals surface area (Å²) in [6.45, 7) is -0.148. The maximum Gasteiger partial charge on any atom is 0.128 e. The van der Waals surface area contributed by atoms with Gasteiger partial charge in [-0.15, -0.1) is 0 Å². The molecule has 0 amide bonds. The van der Waals surface area contributed by atoms with Crippen LogP contribution in [0.5, 0.6) is 0 Å². The van der Waals surface area contributed by atoms with Crippen LogP contribution in [0.25, 0.3) is 5.69 Å². The summed E-state index contributed by atoms with van der Waals surface area (Å²) < 4.78 is 0. The number of aliphatic hydroxyl groups excluding tert-OH is 3. The lowest BCUT2D eigenvalue weighted by Gasteiger charge is -2.19. The van der Waals surface area contributed by atoms with Gasteiger partial charge in [0.1, 0.15) is 17.9 Å². The third-order valence-corrected chi connectivity index (χ3v) is 2.76. The van der Waals surface area contributed by atoms with Crippen LogP contribution in [-0.4, -0.2) is 49.1 Å². The number of hydrogen-bond acceptors (Lipinski definition) is 6. The normalized spacial score (nSPS) is 16.0. The van der Waals surface area contributed by atoms with Gasteiger partial charge in [0.2, 0.25) is 0 Å². The molecule has 2 rings (SSSR count). The Labute approximate surface area is 109 Å². The van der Waals surface area contributed by atoms with Crippen molar-refractivity contribution in [1.82, 2.24) is 15.0 Å². The van der Waals surface area contributed by atoms with Gasteiger partial charge in [-0.3, -0.25) is 0 Å². The molecule has 0 saturated heterocycles. The van der Waals surface area contributed by atoms with E-state index in [-0.39, 0.29) is 12.2 Å². The van der Waals surface area contributed by atoms with Crippen molar-refractivity contribution in [3.05, 3.63) is 42.2 Å². The molecule has 0 aliphatic rings. The molecule has 19 heavy (non-hydrogen) atoms. The molecule has 0 radical (unpaired) electrons. The van der Waals surface area contributed by atoms with Crippen molar-refractivity contribution in [2.75, 3.05) is 6.54 Å². The molecule has 3 atom stereocenters. The molecule has 7 heteroatoms. The van der Waals surface area contributed by atoms with Gasteiger partial charge in [0.15, 0.2) is 0 Å². The fourth-order valence-electron chi connectivity index (χ4n) is 1.62. The van der Waals surface area contributed by atoms with E-state index in [1.165, 1.54) is 11.0 Å². The van der Waals surface area contributed by atoms with E-state index in [4.69, 9.17) is 5.73 Å². The van der Waals surface area contributed by atoms with E-state index in [1.54, 1.807) is 12.1 Å². The van der Waals surface area contributed by atoms with Crippen molar-refractivity contribution < 1.29 is 15.3 Å². The molecule has 2 aromatic rings. The molecule has 0 fully saturated rings. The monoisotopic (exact) mass is 264 g/mol. The lowest BCUT2D eigenvalue weighted by atomic mass is 10.1. The summed E-state index contributed by atoms with van der Waals surface area (Å²) in [6, 6.07) is 9.15. The molecular weight excluding hydrogens is 248 g/mol. The molecule has 5 N–H and O–H groups in total. The van der Waals surface area contributed by atoms with Gasteiger partial charge in [0, 0.05) is 6.54 Å². The molecule has 1 heterocycles. The molecular formula is C12H16N4O3. The third kappa shape index (κ3) is 2.96. The molecule has 1 aromatic carbocycles. The van der Waals surface area contributed by atoms with Crippen molar-refractivity contribution in [3.8, 4) is 5.69 Å². The summed E-state index contributed by atoms with van der Waals surface area (Å²) in [5.41, 5.74) is 6.12. The Bertz CT molecular complexity index is 517. The highest BCUT2D eigenvalue weighted by molar-refractivity contribution is 5.28. The number of para-hydroxylation sites is 1. The minimum absolute atomic E-state index is 0.148. The summed E-state index contributed by atoms with van der Waals surface area (Å²) in [5, 5.41) is 37.0. The highest BCUT2D eigenvalue weighted by atomic mass is 16.4. The number of benzene rings is 1. The fraction of sp³-hybridized carbons (Fsp3) is 0.333. The molecule has 1 aromatic heterocycles. The summed E-state index contributed by atoms with van der Waals surface area (Å²) in [5.74, 6) is 0. The zero-order chi connectivity index (χ0) is 13.8. The first-order chi connectivity index (χ1) is 9.13. The quantitative estimate of drug-likeness (QED) is 0.549. The second-order valence-corrected chi connectivity index (χ2v) is 4.13. The van der Waals surface area contributed by atoms with Gasteiger partial charge in [-0.1, -0.05) is 18.2 Å². The first kappa shape index (κ1) is 13.6. The number of nitrogens with two attached hydrogens (primary N) is 1. The van der Waals surface area contributed by atoms with Gasteiger partial charge >= 0.3 is 0 Å². The molecule has 0 spiro atoms. The van der Waals surface area contributed by atoms with Crippen LogP contribution in [0, 0.1) is 0 Å². The Hall–Kier alpha value is -1.80. The lowest BCUT2D eigenvalue weighted by Crippen LogP contribution is -2.37. The zero-order valence-electron chi connectivity index (χ0n) is 10.2. The highest BCUT2D eigenvalue weighted by Gasteiger charge is 2.27. The predicted octanol–water partition coefficient (Wildman–Crippen LogP) is -1.02. The molecule has 0 aliphatic carbocycles. The van der Waals surface area contributed by atoms with Crippen LogP contribution in [-0.2, 0) is 0 Å². The van der Waals surface area contributed by atoms with Crippen LogP contribution in [0.15, 0.2) is 36.5 Å². The van der Waals surface area contributed by atoms with Crippen LogP contribution in [0.2, 0.25) is 0 Å². The first-order valence-corrected chi connectivity index (χ1v) is 5.85. The number of aromatic nitrogens is 3. The average molecular weight is 264 g/mol. The largest absolute Gasteiger partial charge is 0.389 e. The molecule has 0 saturated carbocycles. The van der Waals surface area contributed by atoms with E-state index in [0.29, 0.717) is 0 Å². The van der Waals surface area contributed by atoms with Crippen molar-refractivity contribution >= 4 is 0 Å². The lowest BCUT2D eigenvalue weighted by molar-refractivity contribution is -0.0582. The number of nitrogens with zero attached hydrogens (tertiary/aromatic N) is 3. The van der Waals surface area contributed by atoms with Crippen molar-refractivity contribution in [2.45, 2.75) is 18.3 Å². The second kappa shape index (κ2) is 5.89. The van der Waals surface area contributed by atoms with Crippen molar-refractivity contribution in [1.29, 1.82) is 0 Å². The van der Waals surface area contributed by atoms with E-state index in [0.717, 1.165) is 5.69 Å². The highest BCUT2D eigenvalue weighted by Crippen LogP contribution is 2.17. The van der Waals surface area contributed by atoms with Gasteiger partial charge in [-0.05, 0) is 12.1 Å². The van der Waals surface area contributed by atoms with Crippen molar-refractivity contribution in [2.24, 2.45) is 5.73 Å². The number of aliphatic hydroxyl groups is 3. The second-order valence-electron chi connectivity index (χ2n) is 4.13. The third-order valence-electron chi connectivity index (χ3n) is 2.76. The van der Waals surface area contributed by atoms with Crippen LogP contribution in [0.3, 0.4) is 0 Å². The van der Waals surface area contributed by atoms with Crippen LogP contribution < -0.4 is 5.73 Å². The smallest absolute Gasteiger partial charge is 0.128 e. The summed E-state index contributed by atoms with van der Waals surface area (Å²) in [6.07, 6.45) is -2.61. The van der Waals surface area contributed by atoms with Gasteiger partial charge in [0.25, 0.3) is 0 Å². The fourth-order valence-corrected chi connectivity index (χ4v) is 1.62. The van der Waals surface area contributed by atoms with Gasteiger partial charge < -0.3 is 21.1 Å². The van der Waals surface area contributed by atoms with Crippen LogP contribution in [0.4, 0.5) is 0 Å². The van der Waals surface area contributed by atoms with E-state index in [9.17, 15) is 15.3 Å². The van der Waals surface area contributed by atoms with E-state index < -0.39 is 18.3 Å². The van der Waals surface area contributed by atoms with Gasteiger partial charge in [0.05, 0.1) is 18.0 Å². The van der Waals surface area contributed by atoms with Crippen LogP contribution >= 0.6 is 0 Å². The van der Waals surface area contributed by atoms with E-state index >= 15 is 0 Å². The molecule has 0 aliphatic heterocycles. The van der Waals surface area contributed by atoms with Gasteiger partial charge in [-0.25, -0.2) is 0 Å². The molecule has 102 valence electrons. The first-order valence-electron chi connectivity index (χ1n) is 5.85. The van der Waals surface area contributed by atoms with E-state index in [2.05, 4.69) is 10.2 Å². The predicted molar refractivity (Wildman–Crippen MR) is 67.4 cm³/mol. The summed E-state index contributed by atoms with van der Waals surface area (Å²) in [4.78, 5) is 1.33. The minimum atomic E-state index is -1.40. The number of hydrogen-bond donors (Lipinski definition) is 4. The minimum Gasteiger partial charge on any atom is -0.389 e. The Morgan fingerprint density at radius 3 is 2.47 bits per heavy atom. The summed E-state index contributed by atoms with van der Waals surface area (Å²) >= 11 is 0. The van der Waals surface area contributed by atoms with Crippen molar-refractivity contribution in [3.63, 3.8) is 0 Å². The Kier molecular flexibility index (Phi) is 4.23. The maximum atomic E-state index is 9.87. The maximum absolute atomic E-state index is 9.87. The molecule has 0 bridgehead atoms. The standard InChI is InChI=1S/C12H16N4O3/c13-6-10(17)12(19)11(18)9-7-14-16(15-9)8-4-2-1-3-5-8/h1-5,7,10-12,17-19H,6,13H2/t10-,11-,12-/m0/s1. The number of rotatable bonds is 5. The Morgan fingerprint density at radius 2 is 1.84 bits per heavy atom. The SMILES string of the molecule is NC[C@H](O)[C@H](O)[C@@H](O)c1cnn(-c2ccccc2)n1. The average Bonchev–Trinajstić information content (AvgIpc) is 2.95. The molecule has 0 unspecified atom stereocenters. The summed E-state index contributed by atoms with van der Waals surface area (Å²) in [7, 11) is 0. The zero-order valence-corrected chi connectivity index (χ0v) is 10.2. The molecule has 7 nitrogen and oxygen atoms in total. The topological polar surface area (TPSA) is 117 Å². The van der Waals surface area contributed by atoms with Crippen LogP contribution in [0.1, 0.15) is 11.8 Å². The Morgan fingerprint density at radius 1 is 1.16 bits per heavy atom. The van der Waals surface area contributed by atoms with Gasteiger partial charge in [-0.2, -0.15) is 15.0 Å².